The van der Waals surface area contributed by atoms with Crippen molar-refractivity contribution in [2.75, 3.05) is 0 Å². The first-order chi connectivity index (χ1) is 9.89. The molecule has 1 rings (SSSR count). The molecule has 1 aromatic rings. The molecule has 0 aromatic heterocycles. The van der Waals surface area contributed by atoms with Crippen LogP contribution in [0.3, 0.4) is 0 Å². The van der Waals surface area contributed by atoms with Crippen LogP contribution in [0.1, 0.15) is 45.6 Å². The van der Waals surface area contributed by atoms with Gasteiger partial charge in [-0.1, -0.05) is 20.8 Å². The van der Waals surface area contributed by atoms with Crippen molar-refractivity contribution in [1.82, 2.24) is 5.32 Å². The van der Waals surface area contributed by atoms with Crippen LogP contribution in [0.5, 0.6) is 0 Å². The summed E-state index contributed by atoms with van der Waals surface area (Å²) in [5.41, 5.74) is -0.0762. The third-order valence-electron chi connectivity index (χ3n) is 4.16. The van der Waals surface area contributed by atoms with E-state index in [1.807, 2.05) is 0 Å². The topological polar surface area (TPSA) is 98.3 Å². The number of hydrogen-bond donors (Lipinski definition) is 1. The predicted molar refractivity (Wildman–Crippen MR) is 80.2 cm³/mol. The van der Waals surface area contributed by atoms with Gasteiger partial charge in [-0.2, -0.15) is 0 Å². The minimum atomic E-state index is -0.626. The van der Waals surface area contributed by atoms with Crippen molar-refractivity contribution in [3.63, 3.8) is 0 Å². The van der Waals surface area contributed by atoms with Crippen LogP contribution in [0.4, 0.5) is 11.4 Å². The number of nitro benzene ring substituents is 2. The fourth-order valence-corrected chi connectivity index (χ4v) is 2.39. The van der Waals surface area contributed by atoms with E-state index in [9.17, 15) is 20.2 Å². The molecule has 0 saturated carbocycles. The Morgan fingerprint density at radius 2 is 1.62 bits per heavy atom. The molecule has 0 bridgehead atoms. The van der Waals surface area contributed by atoms with Crippen LogP contribution < -0.4 is 5.32 Å². The Morgan fingerprint density at radius 3 is 2.05 bits per heavy atom. The van der Waals surface area contributed by atoms with Crippen molar-refractivity contribution in [3.05, 3.63) is 44.0 Å². The first-order valence-corrected chi connectivity index (χ1v) is 7.05. The van der Waals surface area contributed by atoms with Gasteiger partial charge >= 0.3 is 0 Å². The second kappa shape index (κ2) is 7.12. The first kappa shape index (κ1) is 17.0. The lowest BCUT2D eigenvalue weighted by Gasteiger charge is -2.32. The van der Waals surface area contributed by atoms with E-state index in [1.165, 1.54) is 12.1 Å². The summed E-state index contributed by atoms with van der Waals surface area (Å²) in [6.45, 7) is 6.54. The molecule has 0 radical (unpaired) electrons. The molecule has 0 fully saturated rings. The maximum atomic E-state index is 11.1. The molecule has 1 N–H and O–H groups in total. The molecule has 0 saturated heterocycles. The molecular formula is C14H21N3O4. The van der Waals surface area contributed by atoms with Crippen molar-refractivity contribution in [2.24, 2.45) is 0 Å². The van der Waals surface area contributed by atoms with E-state index < -0.39 is 9.85 Å². The molecule has 0 aliphatic heterocycles. The Bertz CT molecular complexity index is 519. The Morgan fingerprint density at radius 1 is 1.05 bits per heavy atom. The number of rotatable bonds is 8. The molecule has 1 aromatic carbocycles. The van der Waals surface area contributed by atoms with Gasteiger partial charge in [-0.25, -0.2) is 0 Å². The van der Waals surface area contributed by atoms with E-state index in [0.29, 0.717) is 12.1 Å². The van der Waals surface area contributed by atoms with Gasteiger partial charge in [-0.15, -0.1) is 0 Å². The van der Waals surface area contributed by atoms with Crippen LogP contribution in [-0.2, 0) is 6.54 Å². The minimum Gasteiger partial charge on any atom is -0.307 e. The van der Waals surface area contributed by atoms with Gasteiger partial charge in [0, 0.05) is 23.7 Å². The van der Waals surface area contributed by atoms with Crippen molar-refractivity contribution < 1.29 is 9.85 Å². The third kappa shape index (κ3) is 3.98. The monoisotopic (exact) mass is 295 g/mol. The third-order valence-corrected chi connectivity index (χ3v) is 4.16. The SMILES string of the molecule is CCC(CC)(CC)NCc1ccc([N+](=O)[O-])cc1[N+](=O)[O-]. The van der Waals surface area contributed by atoms with E-state index in [0.717, 1.165) is 25.3 Å². The fraction of sp³-hybridized carbons (Fsp3) is 0.571. The van der Waals surface area contributed by atoms with Crippen molar-refractivity contribution in [2.45, 2.75) is 52.1 Å². The highest BCUT2D eigenvalue weighted by atomic mass is 16.6. The highest BCUT2D eigenvalue weighted by molar-refractivity contribution is 5.49. The van der Waals surface area contributed by atoms with E-state index in [4.69, 9.17) is 0 Å². The largest absolute Gasteiger partial charge is 0.307 e. The van der Waals surface area contributed by atoms with Crippen molar-refractivity contribution >= 4 is 11.4 Å². The van der Waals surface area contributed by atoms with E-state index in [1.54, 1.807) is 0 Å². The van der Waals surface area contributed by atoms with Gasteiger partial charge in [0.2, 0.25) is 0 Å². The average molecular weight is 295 g/mol. The quantitative estimate of drug-likeness (QED) is 0.584. The molecular weight excluding hydrogens is 274 g/mol. The number of hydrogen-bond acceptors (Lipinski definition) is 5. The van der Waals surface area contributed by atoms with Crippen LogP contribution in [-0.4, -0.2) is 15.4 Å². The summed E-state index contributed by atoms with van der Waals surface area (Å²) in [5.74, 6) is 0. The molecule has 0 aliphatic carbocycles. The summed E-state index contributed by atoms with van der Waals surface area (Å²) < 4.78 is 0. The Kier molecular flexibility index (Phi) is 5.78. The van der Waals surface area contributed by atoms with E-state index in [2.05, 4.69) is 26.1 Å². The smallest absolute Gasteiger partial charge is 0.280 e. The molecule has 0 amide bonds. The molecule has 21 heavy (non-hydrogen) atoms. The molecule has 0 heterocycles. The summed E-state index contributed by atoms with van der Waals surface area (Å²) in [5, 5.41) is 25.2. The van der Waals surface area contributed by atoms with Gasteiger partial charge in [0.15, 0.2) is 0 Å². The number of nitrogens with zero attached hydrogens (tertiary/aromatic N) is 2. The van der Waals surface area contributed by atoms with Crippen LogP contribution >= 0.6 is 0 Å². The van der Waals surface area contributed by atoms with Crippen LogP contribution in [0.25, 0.3) is 0 Å². The summed E-state index contributed by atoms with van der Waals surface area (Å²) in [6, 6.07) is 3.77. The lowest BCUT2D eigenvalue weighted by molar-refractivity contribution is -0.394. The van der Waals surface area contributed by atoms with Crippen molar-refractivity contribution in [3.8, 4) is 0 Å². The maximum absolute atomic E-state index is 11.1. The summed E-state index contributed by atoms with van der Waals surface area (Å²) in [4.78, 5) is 20.6. The zero-order valence-corrected chi connectivity index (χ0v) is 12.6. The van der Waals surface area contributed by atoms with Gasteiger partial charge in [0.05, 0.1) is 15.9 Å². The zero-order chi connectivity index (χ0) is 16.0. The highest BCUT2D eigenvalue weighted by Crippen LogP contribution is 2.26. The summed E-state index contributed by atoms with van der Waals surface area (Å²) in [6.07, 6.45) is 2.75. The van der Waals surface area contributed by atoms with Crippen LogP contribution in [0, 0.1) is 20.2 Å². The normalized spacial score (nSPS) is 11.4. The Hall–Kier alpha value is -2.02. The number of benzene rings is 1. The molecule has 7 heteroatoms. The first-order valence-electron chi connectivity index (χ1n) is 7.05. The van der Waals surface area contributed by atoms with Gasteiger partial charge in [-0.05, 0) is 25.3 Å². The zero-order valence-electron chi connectivity index (χ0n) is 12.6. The summed E-state index contributed by atoms with van der Waals surface area (Å²) in [7, 11) is 0. The molecule has 0 aliphatic rings. The second-order valence-corrected chi connectivity index (χ2v) is 5.02. The lowest BCUT2D eigenvalue weighted by atomic mass is 9.89. The van der Waals surface area contributed by atoms with Gasteiger partial charge in [-0.3, -0.25) is 20.2 Å². The molecule has 0 spiro atoms. The predicted octanol–water partition coefficient (Wildman–Crippen LogP) is 3.56. The number of nitro groups is 2. The van der Waals surface area contributed by atoms with Crippen molar-refractivity contribution in [1.29, 1.82) is 0 Å². The number of non-ortho nitro benzene ring substituents is 1. The minimum absolute atomic E-state index is 0.0599. The number of nitrogens with one attached hydrogen (secondary N) is 1. The van der Waals surface area contributed by atoms with Gasteiger partial charge in [0.1, 0.15) is 0 Å². The van der Waals surface area contributed by atoms with Gasteiger partial charge < -0.3 is 5.32 Å². The summed E-state index contributed by atoms with van der Waals surface area (Å²) >= 11 is 0. The van der Waals surface area contributed by atoms with Crippen LogP contribution in [0.2, 0.25) is 0 Å². The lowest BCUT2D eigenvalue weighted by Crippen LogP contribution is -2.43. The average Bonchev–Trinajstić information content (AvgIpc) is 2.49. The van der Waals surface area contributed by atoms with Crippen LogP contribution in [0.15, 0.2) is 18.2 Å². The molecule has 0 atom stereocenters. The molecule has 7 nitrogen and oxygen atoms in total. The maximum Gasteiger partial charge on any atom is 0.280 e. The van der Waals surface area contributed by atoms with E-state index >= 15 is 0 Å². The highest BCUT2D eigenvalue weighted by Gasteiger charge is 2.25. The molecule has 0 unspecified atom stereocenters. The Labute approximate surface area is 123 Å². The Balaban J connectivity index is 3.03. The second-order valence-electron chi connectivity index (χ2n) is 5.02. The standard InChI is InChI=1S/C14H21N3O4/c1-4-14(5-2,6-3)15-10-11-7-8-12(16(18)19)9-13(11)17(20)21/h7-9,15H,4-6,10H2,1-3H3. The van der Waals surface area contributed by atoms with Gasteiger partial charge in [0.25, 0.3) is 11.4 Å². The molecule has 116 valence electrons. The van der Waals surface area contributed by atoms with E-state index in [-0.39, 0.29) is 16.9 Å². The fourth-order valence-electron chi connectivity index (χ4n) is 2.39.